The summed E-state index contributed by atoms with van der Waals surface area (Å²) in [7, 11) is 0. The van der Waals surface area contributed by atoms with E-state index in [1.165, 1.54) is 16.6 Å². The quantitative estimate of drug-likeness (QED) is 0.383. The Kier molecular flexibility index (Phi) is 6.91. The number of benzene rings is 1. The first kappa shape index (κ1) is 23.5. The molecule has 0 radical (unpaired) electrons. The molecule has 3 aromatic rings. The van der Waals surface area contributed by atoms with Gasteiger partial charge in [-0.25, -0.2) is 4.98 Å². The van der Waals surface area contributed by atoms with Crippen LogP contribution in [0, 0.1) is 17.2 Å². The molecular weight excluding hydrogens is 452 g/mol. The van der Waals surface area contributed by atoms with E-state index in [9.17, 15) is 14.9 Å². The van der Waals surface area contributed by atoms with Gasteiger partial charge in [0.25, 0.3) is 5.56 Å². The topological polar surface area (TPSA) is 87.8 Å². The summed E-state index contributed by atoms with van der Waals surface area (Å²) in [4.78, 5) is 33.1. The highest BCUT2D eigenvalue weighted by atomic mass is 32.2. The van der Waals surface area contributed by atoms with Crippen LogP contribution in [0.4, 0.5) is 0 Å². The number of thiophene rings is 1. The molecule has 6 nitrogen and oxygen atoms in total. The van der Waals surface area contributed by atoms with Gasteiger partial charge in [-0.2, -0.15) is 5.26 Å². The van der Waals surface area contributed by atoms with E-state index in [-0.39, 0.29) is 23.1 Å². The molecule has 8 heteroatoms. The summed E-state index contributed by atoms with van der Waals surface area (Å²) >= 11 is 2.87. The molecule has 2 aromatic heterocycles. The number of rotatable bonds is 8. The van der Waals surface area contributed by atoms with Gasteiger partial charge < -0.3 is 5.32 Å². The lowest BCUT2D eigenvalue weighted by molar-refractivity contribution is -0.120. The molecule has 2 heterocycles. The van der Waals surface area contributed by atoms with E-state index < -0.39 is 5.54 Å². The Morgan fingerprint density at radius 3 is 2.79 bits per heavy atom. The Morgan fingerprint density at radius 1 is 1.33 bits per heavy atom. The van der Waals surface area contributed by atoms with Gasteiger partial charge in [-0.3, -0.25) is 14.2 Å². The van der Waals surface area contributed by atoms with Crippen molar-refractivity contribution in [2.45, 2.75) is 63.7 Å². The third-order valence-electron chi connectivity index (χ3n) is 6.38. The number of nitrogens with zero attached hydrogens (tertiary/aromatic N) is 3. The predicted octanol–water partition coefficient (Wildman–Crippen LogP) is 4.34. The first-order valence-electron chi connectivity index (χ1n) is 11.3. The molecule has 0 saturated carbocycles. The van der Waals surface area contributed by atoms with E-state index in [0.29, 0.717) is 18.1 Å². The standard InChI is InChI=1S/C25H28N4O2S2/c1-16(2)25(3,15-26)28-20(30)14-32-24-27-22-21(18-10-7-11-19(18)33-22)23(31)29(24)13-12-17-8-5-4-6-9-17/h4-6,8-9,16H,7,10-14H2,1-3H3,(H,28,30)/t25-/m1/s1. The SMILES string of the molecule is CC(C)[C@@](C)(C#N)NC(=O)CSc1nc2sc3c(c2c(=O)n1CCc1ccccc1)CCC3. The Labute approximate surface area is 202 Å². The minimum absolute atomic E-state index is 0.0118. The molecule has 0 spiro atoms. The van der Waals surface area contributed by atoms with Crippen molar-refractivity contribution in [3.8, 4) is 6.07 Å². The molecule has 0 aliphatic heterocycles. The number of aromatic nitrogens is 2. The largest absolute Gasteiger partial charge is 0.337 e. The number of carbonyl (C=O) groups excluding carboxylic acids is 1. The van der Waals surface area contributed by atoms with Crippen molar-refractivity contribution < 1.29 is 4.79 Å². The van der Waals surface area contributed by atoms with Gasteiger partial charge in [0.1, 0.15) is 10.4 Å². The smallest absolute Gasteiger partial charge is 0.263 e. The molecule has 1 N–H and O–H groups in total. The third-order valence-corrected chi connectivity index (χ3v) is 8.54. The van der Waals surface area contributed by atoms with Crippen molar-refractivity contribution >= 4 is 39.2 Å². The monoisotopic (exact) mass is 480 g/mol. The zero-order chi connectivity index (χ0) is 23.6. The van der Waals surface area contributed by atoms with Crippen LogP contribution < -0.4 is 10.9 Å². The molecule has 1 amide bonds. The van der Waals surface area contributed by atoms with E-state index >= 15 is 0 Å². The second kappa shape index (κ2) is 9.70. The van der Waals surface area contributed by atoms with Crippen molar-refractivity contribution in [1.82, 2.24) is 14.9 Å². The number of amides is 1. The molecule has 1 aromatic carbocycles. The van der Waals surface area contributed by atoms with E-state index in [0.717, 1.165) is 40.6 Å². The summed E-state index contributed by atoms with van der Waals surface area (Å²) in [5.41, 5.74) is 1.37. The molecule has 0 fully saturated rings. The van der Waals surface area contributed by atoms with E-state index in [1.807, 2.05) is 44.2 Å². The molecule has 1 atom stereocenters. The minimum Gasteiger partial charge on any atom is -0.337 e. The van der Waals surface area contributed by atoms with E-state index in [1.54, 1.807) is 22.8 Å². The normalized spacial score (nSPS) is 14.8. The summed E-state index contributed by atoms with van der Waals surface area (Å²) in [6.45, 7) is 6.04. The van der Waals surface area contributed by atoms with Crippen molar-refractivity contribution in [3.05, 3.63) is 56.7 Å². The van der Waals surface area contributed by atoms with Gasteiger partial charge >= 0.3 is 0 Å². The lowest BCUT2D eigenvalue weighted by Gasteiger charge is -2.27. The Balaban J connectivity index is 1.62. The van der Waals surface area contributed by atoms with Crippen molar-refractivity contribution in [3.63, 3.8) is 0 Å². The summed E-state index contributed by atoms with van der Waals surface area (Å²) in [5.74, 6) is -0.169. The maximum atomic E-state index is 13.6. The van der Waals surface area contributed by atoms with Crippen LogP contribution in [-0.2, 0) is 30.6 Å². The van der Waals surface area contributed by atoms with Crippen LogP contribution in [0.15, 0.2) is 40.3 Å². The summed E-state index contributed by atoms with van der Waals surface area (Å²) in [5, 5.41) is 13.6. The van der Waals surface area contributed by atoms with Gasteiger partial charge in [0.05, 0.1) is 17.2 Å². The van der Waals surface area contributed by atoms with Crippen LogP contribution in [-0.4, -0.2) is 26.8 Å². The number of aryl methyl sites for hydroxylation is 3. The first-order valence-corrected chi connectivity index (χ1v) is 13.1. The highest BCUT2D eigenvalue weighted by Gasteiger charge is 2.30. The second-order valence-electron chi connectivity index (χ2n) is 8.93. The average molecular weight is 481 g/mol. The van der Waals surface area contributed by atoms with Crippen LogP contribution in [0.25, 0.3) is 10.2 Å². The zero-order valence-corrected chi connectivity index (χ0v) is 20.8. The molecule has 172 valence electrons. The third kappa shape index (κ3) is 4.85. The van der Waals surface area contributed by atoms with Crippen LogP contribution >= 0.6 is 23.1 Å². The molecule has 4 rings (SSSR count). The van der Waals surface area contributed by atoms with Gasteiger partial charge in [0, 0.05) is 11.4 Å². The first-order chi connectivity index (χ1) is 15.8. The van der Waals surface area contributed by atoms with Crippen molar-refractivity contribution in [1.29, 1.82) is 5.26 Å². The molecule has 1 aliphatic carbocycles. The van der Waals surface area contributed by atoms with Gasteiger partial charge in [-0.05, 0) is 49.7 Å². The molecule has 33 heavy (non-hydrogen) atoms. The van der Waals surface area contributed by atoms with Crippen molar-refractivity contribution in [2.75, 3.05) is 5.75 Å². The molecule has 0 bridgehead atoms. The number of nitrogens with one attached hydrogen (secondary N) is 1. The summed E-state index contributed by atoms with van der Waals surface area (Å²) in [6, 6.07) is 12.3. The minimum atomic E-state index is -0.934. The van der Waals surface area contributed by atoms with Gasteiger partial charge in [0.15, 0.2) is 5.16 Å². The van der Waals surface area contributed by atoms with Gasteiger partial charge in [-0.1, -0.05) is 55.9 Å². The second-order valence-corrected chi connectivity index (χ2v) is 11.0. The predicted molar refractivity (Wildman–Crippen MR) is 134 cm³/mol. The molecule has 1 aliphatic rings. The van der Waals surface area contributed by atoms with Crippen LogP contribution in [0.5, 0.6) is 0 Å². The molecule has 0 unspecified atom stereocenters. The van der Waals surface area contributed by atoms with Crippen LogP contribution in [0.2, 0.25) is 0 Å². The Hall–Kier alpha value is -2.63. The average Bonchev–Trinajstić information content (AvgIpc) is 3.38. The number of hydrogen-bond acceptors (Lipinski definition) is 6. The van der Waals surface area contributed by atoms with Crippen LogP contribution in [0.3, 0.4) is 0 Å². The van der Waals surface area contributed by atoms with Gasteiger partial charge in [-0.15, -0.1) is 11.3 Å². The number of hydrogen-bond donors (Lipinski definition) is 1. The fourth-order valence-electron chi connectivity index (χ4n) is 4.01. The number of thioether (sulfide) groups is 1. The number of carbonyl (C=O) groups is 1. The van der Waals surface area contributed by atoms with Gasteiger partial charge in [0.2, 0.25) is 5.91 Å². The van der Waals surface area contributed by atoms with Crippen LogP contribution in [0.1, 0.15) is 43.2 Å². The fraction of sp³-hybridized carbons (Fsp3) is 0.440. The van der Waals surface area contributed by atoms with E-state index in [2.05, 4.69) is 11.4 Å². The highest BCUT2D eigenvalue weighted by Crippen LogP contribution is 2.35. The molecular formula is C25H28N4O2S2. The Bertz CT molecular complexity index is 1270. The zero-order valence-electron chi connectivity index (χ0n) is 19.2. The number of fused-ring (bicyclic) bond motifs is 3. The lowest BCUT2D eigenvalue weighted by atomic mass is 9.90. The van der Waals surface area contributed by atoms with Crippen molar-refractivity contribution in [2.24, 2.45) is 5.92 Å². The summed E-state index contributed by atoms with van der Waals surface area (Å²) < 4.78 is 1.73. The maximum absolute atomic E-state index is 13.6. The lowest BCUT2D eigenvalue weighted by Crippen LogP contribution is -2.49. The fourth-order valence-corrected chi connectivity index (χ4v) is 6.14. The summed E-state index contributed by atoms with van der Waals surface area (Å²) in [6.07, 6.45) is 3.74. The Morgan fingerprint density at radius 2 is 2.09 bits per heavy atom. The highest BCUT2D eigenvalue weighted by molar-refractivity contribution is 7.99. The molecule has 0 saturated heterocycles. The van der Waals surface area contributed by atoms with E-state index in [4.69, 9.17) is 4.98 Å². The number of nitriles is 1. The maximum Gasteiger partial charge on any atom is 0.263 e.